The number of anilines is 1. The van der Waals surface area contributed by atoms with Gasteiger partial charge in [0.2, 0.25) is 5.95 Å². The molecule has 0 atom stereocenters. The Kier molecular flexibility index (Phi) is 5.29. The van der Waals surface area contributed by atoms with E-state index in [0.29, 0.717) is 43.4 Å². The van der Waals surface area contributed by atoms with Crippen molar-refractivity contribution < 1.29 is 4.74 Å². The third-order valence-electron chi connectivity index (χ3n) is 5.20. The quantitative estimate of drug-likeness (QED) is 0.575. The lowest BCUT2D eigenvalue weighted by molar-refractivity contribution is 0.153. The van der Waals surface area contributed by atoms with Crippen LogP contribution in [0.2, 0.25) is 0 Å². The van der Waals surface area contributed by atoms with Crippen molar-refractivity contribution in [3.05, 3.63) is 56.2 Å². The van der Waals surface area contributed by atoms with Gasteiger partial charge in [-0.2, -0.15) is 10.1 Å². The molecule has 158 valence electrons. The first kappa shape index (κ1) is 20.1. The van der Waals surface area contributed by atoms with Crippen molar-refractivity contribution in [2.45, 2.75) is 33.9 Å². The van der Waals surface area contributed by atoms with Gasteiger partial charge in [0.25, 0.3) is 5.56 Å². The van der Waals surface area contributed by atoms with Crippen molar-refractivity contribution >= 4 is 22.8 Å². The van der Waals surface area contributed by atoms with E-state index >= 15 is 0 Å². The first-order chi connectivity index (χ1) is 14.4. The molecule has 2 aromatic heterocycles. The zero-order chi connectivity index (χ0) is 21.4. The third-order valence-corrected chi connectivity index (χ3v) is 5.20. The molecule has 3 aromatic rings. The van der Waals surface area contributed by atoms with E-state index in [2.05, 4.69) is 10.1 Å². The molecule has 1 aromatic carbocycles. The summed E-state index contributed by atoms with van der Waals surface area (Å²) in [5.41, 5.74) is 2.90. The Morgan fingerprint density at radius 2 is 2.00 bits per heavy atom. The third kappa shape index (κ3) is 3.45. The summed E-state index contributed by atoms with van der Waals surface area (Å²) in [5, 5.41) is 6.30. The second-order valence-corrected chi connectivity index (χ2v) is 7.55. The van der Waals surface area contributed by atoms with Crippen LogP contribution in [0, 0.1) is 6.92 Å². The molecule has 0 bridgehead atoms. The summed E-state index contributed by atoms with van der Waals surface area (Å²) in [6.07, 6.45) is 0. The zero-order valence-corrected chi connectivity index (χ0v) is 17.8. The predicted octanol–water partition coefficient (Wildman–Crippen LogP) is 1.49. The second kappa shape index (κ2) is 7.91. The molecule has 3 heterocycles. The van der Waals surface area contributed by atoms with Crippen molar-refractivity contribution in [3.63, 3.8) is 0 Å². The van der Waals surface area contributed by atoms with Crippen molar-refractivity contribution in [2.24, 2.45) is 12.1 Å². The average molecular weight is 410 g/mol. The van der Waals surface area contributed by atoms with Crippen molar-refractivity contribution in [1.82, 2.24) is 18.7 Å². The predicted molar refractivity (Wildman–Crippen MR) is 116 cm³/mol. The Morgan fingerprint density at radius 1 is 1.20 bits per heavy atom. The van der Waals surface area contributed by atoms with E-state index in [1.54, 1.807) is 12.1 Å². The molecular formula is C21H26N6O3. The maximum Gasteiger partial charge on any atom is 0.332 e. The fraction of sp³-hybridized carbons (Fsp3) is 0.429. The Hall–Kier alpha value is -3.20. The number of hydrogen-bond donors (Lipinski definition) is 0. The smallest absolute Gasteiger partial charge is 0.332 e. The Labute approximate surface area is 173 Å². The van der Waals surface area contributed by atoms with Crippen LogP contribution in [0.1, 0.15) is 25.0 Å². The molecule has 1 aliphatic rings. The van der Waals surface area contributed by atoms with Gasteiger partial charge in [-0.3, -0.25) is 18.5 Å². The average Bonchev–Trinajstić information content (AvgIpc) is 3.09. The number of rotatable bonds is 6. The minimum atomic E-state index is -0.386. The van der Waals surface area contributed by atoms with Gasteiger partial charge in [0.15, 0.2) is 11.2 Å². The van der Waals surface area contributed by atoms with Gasteiger partial charge in [-0.1, -0.05) is 29.8 Å². The van der Waals surface area contributed by atoms with E-state index in [1.165, 1.54) is 9.13 Å². The molecule has 0 saturated carbocycles. The summed E-state index contributed by atoms with van der Waals surface area (Å²) in [6.45, 7) is 8.12. The van der Waals surface area contributed by atoms with E-state index in [1.807, 2.05) is 49.6 Å². The molecule has 0 radical (unpaired) electrons. The number of hydrogen-bond acceptors (Lipinski definition) is 6. The lowest BCUT2D eigenvalue weighted by atomic mass is 10.1. The van der Waals surface area contributed by atoms with Crippen molar-refractivity contribution in [2.75, 3.05) is 24.8 Å². The van der Waals surface area contributed by atoms with Crippen molar-refractivity contribution in [1.29, 1.82) is 0 Å². The van der Waals surface area contributed by atoms with Gasteiger partial charge in [-0.25, -0.2) is 9.80 Å². The summed E-state index contributed by atoms with van der Waals surface area (Å²) in [6, 6.07) is 7.81. The van der Waals surface area contributed by atoms with Gasteiger partial charge in [0, 0.05) is 13.7 Å². The van der Waals surface area contributed by atoms with Gasteiger partial charge in [-0.05, 0) is 26.3 Å². The second-order valence-electron chi connectivity index (χ2n) is 7.55. The highest BCUT2D eigenvalue weighted by Gasteiger charge is 2.26. The Bertz CT molecular complexity index is 1250. The number of nitrogens with zero attached hydrogens (tertiary/aromatic N) is 6. The number of fused-ring (bicyclic) bond motifs is 3. The number of aromatic nitrogens is 4. The van der Waals surface area contributed by atoms with Crippen LogP contribution in [-0.4, -0.2) is 44.2 Å². The van der Waals surface area contributed by atoms with Gasteiger partial charge in [-0.15, -0.1) is 0 Å². The number of imidazole rings is 1. The highest BCUT2D eigenvalue weighted by atomic mass is 16.5. The van der Waals surface area contributed by atoms with E-state index in [9.17, 15) is 9.59 Å². The minimum absolute atomic E-state index is 0.213. The zero-order valence-electron chi connectivity index (χ0n) is 17.8. The van der Waals surface area contributed by atoms with Crippen LogP contribution in [-0.2, 0) is 24.9 Å². The van der Waals surface area contributed by atoms with E-state index in [0.717, 1.165) is 16.8 Å². The Balaban J connectivity index is 1.86. The highest BCUT2D eigenvalue weighted by molar-refractivity contribution is 5.87. The minimum Gasteiger partial charge on any atom is -0.380 e. The van der Waals surface area contributed by atoms with Crippen LogP contribution in [0.15, 0.2) is 39.0 Å². The molecule has 0 fully saturated rings. The van der Waals surface area contributed by atoms with Crippen LogP contribution in [0.3, 0.4) is 0 Å². The topological polar surface area (TPSA) is 86.7 Å². The van der Waals surface area contributed by atoms with E-state index in [-0.39, 0.29) is 17.8 Å². The molecule has 0 amide bonds. The first-order valence-corrected chi connectivity index (χ1v) is 10.1. The van der Waals surface area contributed by atoms with Crippen molar-refractivity contribution in [3.8, 4) is 0 Å². The van der Waals surface area contributed by atoms with Crippen LogP contribution >= 0.6 is 0 Å². The molecule has 0 aliphatic carbocycles. The molecule has 4 rings (SSSR count). The molecule has 9 heteroatoms. The molecule has 1 aliphatic heterocycles. The first-order valence-electron chi connectivity index (χ1n) is 10.1. The number of ether oxygens (including phenoxy) is 1. The largest absolute Gasteiger partial charge is 0.380 e. The lowest BCUT2D eigenvalue weighted by Gasteiger charge is -2.24. The van der Waals surface area contributed by atoms with Crippen LogP contribution in [0.4, 0.5) is 5.95 Å². The van der Waals surface area contributed by atoms with Crippen LogP contribution in [0.5, 0.6) is 0 Å². The van der Waals surface area contributed by atoms with Gasteiger partial charge < -0.3 is 4.74 Å². The maximum absolute atomic E-state index is 13.4. The van der Waals surface area contributed by atoms with Gasteiger partial charge in [0.05, 0.1) is 32.0 Å². The fourth-order valence-corrected chi connectivity index (χ4v) is 3.80. The molecule has 0 spiro atoms. The number of hydrazone groups is 1. The molecule has 0 N–H and O–H groups in total. The monoisotopic (exact) mass is 410 g/mol. The lowest BCUT2D eigenvalue weighted by Crippen LogP contribution is -2.40. The molecule has 0 unspecified atom stereocenters. The molecule has 30 heavy (non-hydrogen) atoms. The fourth-order valence-electron chi connectivity index (χ4n) is 3.80. The number of aryl methyl sites for hydroxylation is 2. The normalized spacial score (nSPS) is 13.6. The molecular weight excluding hydrogens is 384 g/mol. The summed E-state index contributed by atoms with van der Waals surface area (Å²) >= 11 is 0. The summed E-state index contributed by atoms with van der Waals surface area (Å²) in [4.78, 5) is 31.0. The summed E-state index contributed by atoms with van der Waals surface area (Å²) in [5.74, 6) is 0.552. The number of benzene rings is 1. The maximum atomic E-state index is 13.4. The highest BCUT2D eigenvalue weighted by Crippen LogP contribution is 2.23. The van der Waals surface area contributed by atoms with Crippen LogP contribution < -0.4 is 16.3 Å². The van der Waals surface area contributed by atoms with Gasteiger partial charge >= 0.3 is 5.69 Å². The molecule has 9 nitrogen and oxygen atoms in total. The standard InChI is InChI=1S/C21H26N6O3/c1-5-30-10-9-27-20-22-18-17(25(20)12-15(3)23-27)19(28)26(21(29)24(18)4)13-16-8-6-7-14(2)11-16/h6-8,11H,5,9-10,12-13H2,1-4H3. The molecule has 0 saturated heterocycles. The van der Waals surface area contributed by atoms with Crippen LogP contribution in [0.25, 0.3) is 11.2 Å². The Morgan fingerprint density at radius 3 is 2.73 bits per heavy atom. The van der Waals surface area contributed by atoms with E-state index in [4.69, 9.17) is 4.74 Å². The summed E-state index contributed by atoms with van der Waals surface area (Å²) < 4.78 is 10.0. The SMILES string of the molecule is CCOCCN1N=C(C)Cn2c1nc1c2c(=O)n(Cc2cccc(C)c2)c(=O)n1C. The van der Waals surface area contributed by atoms with E-state index < -0.39 is 0 Å². The summed E-state index contributed by atoms with van der Waals surface area (Å²) in [7, 11) is 1.65. The van der Waals surface area contributed by atoms with Gasteiger partial charge in [0.1, 0.15) is 0 Å².